The van der Waals surface area contributed by atoms with Crippen molar-refractivity contribution < 1.29 is 9.59 Å². The van der Waals surface area contributed by atoms with Gasteiger partial charge in [0.2, 0.25) is 5.91 Å². The van der Waals surface area contributed by atoms with E-state index in [1.807, 2.05) is 0 Å². The number of nitriles is 1. The fourth-order valence-corrected chi connectivity index (χ4v) is 2.26. The molecule has 116 valence electrons. The van der Waals surface area contributed by atoms with Gasteiger partial charge in [0.05, 0.1) is 5.69 Å². The molecule has 0 radical (unpaired) electrons. The Labute approximate surface area is 136 Å². The Kier molecular flexibility index (Phi) is 5.07. The van der Waals surface area contributed by atoms with Crippen LogP contribution >= 0.6 is 11.3 Å². The molecule has 2 amide bonds. The molecule has 8 heteroatoms. The van der Waals surface area contributed by atoms with Crippen molar-refractivity contribution in [2.45, 2.75) is 6.92 Å². The molecule has 1 aromatic heterocycles. The minimum atomic E-state index is -0.728. The molecule has 0 spiro atoms. The van der Waals surface area contributed by atoms with Gasteiger partial charge in [0, 0.05) is 30.4 Å². The molecular formula is C15H13N5O2S. The first-order valence-electron chi connectivity index (χ1n) is 6.50. The third kappa shape index (κ3) is 3.93. The van der Waals surface area contributed by atoms with Crippen LogP contribution in [0.15, 0.2) is 47.6 Å². The Bertz CT molecular complexity index is 775. The number of nitrogens with zero attached hydrogens (tertiary/aromatic N) is 3. The maximum absolute atomic E-state index is 12.5. The van der Waals surface area contributed by atoms with E-state index in [-0.39, 0.29) is 5.57 Å². The van der Waals surface area contributed by atoms with Gasteiger partial charge in [-0.05, 0) is 24.3 Å². The SMILES string of the molecule is CC(=O)N(C(=O)/C(C#N)=C\Nc1nccs1)c1ccc(N)cc1. The van der Waals surface area contributed by atoms with Crippen molar-refractivity contribution in [2.75, 3.05) is 16.0 Å². The average Bonchev–Trinajstić information content (AvgIpc) is 3.03. The van der Waals surface area contributed by atoms with Crippen molar-refractivity contribution in [3.05, 3.63) is 47.6 Å². The third-order valence-corrected chi connectivity index (χ3v) is 3.50. The number of hydrogen-bond acceptors (Lipinski definition) is 7. The molecule has 1 aromatic carbocycles. The zero-order valence-electron chi connectivity index (χ0n) is 12.2. The van der Waals surface area contributed by atoms with Gasteiger partial charge in [-0.2, -0.15) is 5.26 Å². The van der Waals surface area contributed by atoms with Gasteiger partial charge in [-0.15, -0.1) is 11.3 Å². The summed E-state index contributed by atoms with van der Waals surface area (Å²) in [6, 6.07) is 8.01. The molecule has 2 aromatic rings. The molecule has 0 saturated heterocycles. The molecule has 1 heterocycles. The largest absolute Gasteiger partial charge is 0.399 e. The lowest BCUT2D eigenvalue weighted by atomic mass is 10.2. The second kappa shape index (κ2) is 7.20. The van der Waals surface area contributed by atoms with Crippen LogP contribution in [0.1, 0.15) is 6.92 Å². The van der Waals surface area contributed by atoms with E-state index in [0.29, 0.717) is 16.5 Å². The zero-order valence-corrected chi connectivity index (χ0v) is 13.0. The van der Waals surface area contributed by atoms with Crippen molar-refractivity contribution in [3.8, 4) is 6.07 Å². The molecule has 2 rings (SSSR count). The van der Waals surface area contributed by atoms with Crippen LogP contribution in [-0.2, 0) is 9.59 Å². The molecule has 0 bridgehead atoms. The summed E-state index contributed by atoms with van der Waals surface area (Å²) >= 11 is 1.32. The van der Waals surface area contributed by atoms with Crippen molar-refractivity contribution in [1.29, 1.82) is 5.26 Å². The number of nitrogens with one attached hydrogen (secondary N) is 1. The molecule has 7 nitrogen and oxygen atoms in total. The molecule has 0 fully saturated rings. The molecule has 0 aliphatic carbocycles. The first-order chi connectivity index (χ1) is 11.0. The lowest BCUT2D eigenvalue weighted by Gasteiger charge is -2.18. The minimum Gasteiger partial charge on any atom is -0.399 e. The van der Waals surface area contributed by atoms with E-state index in [1.54, 1.807) is 29.8 Å². The second-order valence-corrected chi connectivity index (χ2v) is 5.30. The fraction of sp³-hybridized carbons (Fsp3) is 0.0667. The number of thiazole rings is 1. The summed E-state index contributed by atoms with van der Waals surface area (Å²) < 4.78 is 0. The Balaban J connectivity index is 2.28. The standard InChI is InChI=1S/C15H13N5O2S/c1-10(21)20(13-4-2-12(17)3-5-13)14(22)11(8-16)9-19-15-18-6-7-23-15/h2-7,9H,17H2,1H3,(H,18,19)/b11-9-. The number of carbonyl (C=O) groups is 2. The van der Waals surface area contributed by atoms with E-state index < -0.39 is 11.8 Å². The monoisotopic (exact) mass is 327 g/mol. The van der Waals surface area contributed by atoms with Gasteiger partial charge in [0.15, 0.2) is 5.13 Å². The summed E-state index contributed by atoms with van der Waals surface area (Å²) in [6.45, 7) is 1.25. The first-order valence-corrected chi connectivity index (χ1v) is 7.37. The Morgan fingerprint density at radius 1 is 1.39 bits per heavy atom. The van der Waals surface area contributed by atoms with Crippen LogP contribution in [0, 0.1) is 11.3 Å². The highest BCUT2D eigenvalue weighted by Crippen LogP contribution is 2.19. The van der Waals surface area contributed by atoms with Crippen molar-refractivity contribution >= 4 is 39.7 Å². The number of nitrogens with two attached hydrogens (primary N) is 1. The fourth-order valence-electron chi connectivity index (χ4n) is 1.76. The number of aromatic nitrogens is 1. The van der Waals surface area contributed by atoms with E-state index in [0.717, 1.165) is 4.90 Å². The van der Waals surface area contributed by atoms with Gasteiger partial charge in [-0.25, -0.2) is 9.88 Å². The van der Waals surface area contributed by atoms with Gasteiger partial charge in [-0.1, -0.05) is 0 Å². The van der Waals surface area contributed by atoms with Crippen LogP contribution < -0.4 is 16.0 Å². The number of benzene rings is 1. The highest BCUT2D eigenvalue weighted by atomic mass is 32.1. The summed E-state index contributed by atoms with van der Waals surface area (Å²) in [5.74, 6) is -1.23. The minimum absolute atomic E-state index is 0.216. The highest BCUT2D eigenvalue weighted by molar-refractivity contribution is 7.13. The summed E-state index contributed by atoms with van der Waals surface area (Å²) in [7, 11) is 0. The summed E-state index contributed by atoms with van der Waals surface area (Å²) in [4.78, 5) is 29.2. The molecule has 0 aliphatic rings. The quantitative estimate of drug-likeness (QED) is 0.505. The number of anilines is 3. The summed E-state index contributed by atoms with van der Waals surface area (Å²) in [5.41, 5.74) is 6.23. The Morgan fingerprint density at radius 2 is 2.09 bits per heavy atom. The average molecular weight is 327 g/mol. The predicted octanol–water partition coefficient (Wildman–Crippen LogP) is 2.12. The molecule has 3 N–H and O–H groups in total. The summed E-state index contributed by atoms with van der Waals surface area (Å²) in [6.07, 6.45) is 2.82. The number of carbonyl (C=O) groups excluding carboxylic acids is 2. The van der Waals surface area contributed by atoms with Crippen LogP contribution in [0.3, 0.4) is 0 Å². The second-order valence-electron chi connectivity index (χ2n) is 4.40. The van der Waals surface area contributed by atoms with Crippen LogP contribution in [-0.4, -0.2) is 16.8 Å². The lowest BCUT2D eigenvalue weighted by Crippen LogP contribution is -2.36. The highest BCUT2D eigenvalue weighted by Gasteiger charge is 2.23. The molecular weight excluding hydrogens is 314 g/mol. The third-order valence-electron chi connectivity index (χ3n) is 2.79. The topological polar surface area (TPSA) is 112 Å². The lowest BCUT2D eigenvalue weighted by molar-refractivity contribution is -0.123. The van der Waals surface area contributed by atoms with Gasteiger partial charge in [0.25, 0.3) is 5.91 Å². The van der Waals surface area contributed by atoms with E-state index in [9.17, 15) is 14.9 Å². The number of nitrogen functional groups attached to an aromatic ring is 1. The van der Waals surface area contributed by atoms with E-state index in [1.165, 1.54) is 36.6 Å². The van der Waals surface area contributed by atoms with Crippen molar-refractivity contribution in [3.63, 3.8) is 0 Å². The molecule has 0 unspecified atom stereocenters. The zero-order chi connectivity index (χ0) is 16.8. The normalized spacial score (nSPS) is 10.7. The molecule has 0 aliphatic heterocycles. The molecule has 23 heavy (non-hydrogen) atoms. The van der Waals surface area contributed by atoms with Gasteiger partial charge in [0.1, 0.15) is 11.6 Å². The predicted molar refractivity (Wildman–Crippen MR) is 88.5 cm³/mol. The first kappa shape index (κ1) is 16.2. The van der Waals surface area contributed by atoms with Crippen molar-refractivity contribution in [1.82, 2.24) is 4.98 Å². The summed E-state index contributed by atoms with van der Waals surface area (Å²) in [5, 5.41) is 14.2. The molecule has 0 atom stereocenters. The number of hydrogen-bond donors (Lipinski definition) is 2. The Morgan fingerprint density at radius 3 is 2.61 bits per heavy atom. The van der Waals surface area contributed by atoms with E-state index >= 15 is 0 Å². The maximum atomic E-state index is 12.5. The van der Waals surface area contributed by atoms with Crippen LogP contribution in [0.4, 0.5) is 16.5 Å². The van der Waals surface area contributed by atoms with Crippen LogP contribution in [0.5, 0.6) is 0 Å². The Hall–Kier alpha value is -3.18. The smallest absolute Gasteiger partial charge is 0.277 e. The number of rotatable bonds is 4. The van der Waals surface area contributed by atoms with E-state index in [2.05, 4.69) is 10.3 Å². The number of imide groups is 1. The number of amides is 2. The van der Waals surface area contributed by atoms with Crippen LogP contribution in [0.2, 0.25) is 0 Å². The van der Waals surface area contributed by atoms with Gasteiger partial charge < -0.3 is 11.1 Å². The van der Waals surface area contributed by atoms with E-state index in [4.69, 9.17) is 5.73 Å². The van der Waals surface area contributed by atoms with Crippen LogP contribution in [0.25, 0.3) is 0 Å². The van der Waals surface area contributed by atoms with Gasteiger partial charge >= 0.3 is 0 Å². The van der Waals surface area contributed by atoms with Gasteiger partial charge in [-0.3, -0.25) is 9.59 Å². The molecule has 0 saturated carbocycles. The maximum Gasteiger partial charge on any atom is 0.277 e. The van der Waals surface area contributed by atoms with Crippen molar-refractivity contribution in [2.24, 2.45) is 0 Å².